The largest absolute Gasteiger partial charge is 0.390 e. The maximum absolute atomic E-state index is 14.2. The van der Waals surface area contributed by atoms with Crippen molar-refractivity contribution < 1.29 is 14.0 Å². The second-order valence-corrected chi connectivity index (χ2v) is 8.89. The van der Waals surface area contributed by atoms with Crippen LogP contribution in [-0.4, -0.2) is 29.2 Å². The molecule has 29 heavy (non-hydrogen) atoms. The smallest absolute Gasteiger partial charge is 0.223 e. The fourth-order valence-corrected chi connectivity index (χ4v) is 3.48. The first-order valence-electron chi connectivity index (χ1n) is 10.0. The van der Waals surface area contributed by atoms with E-state index in [0.717, 1.165) is 16.8 Å². The van der Waals surface area contributed by atoms with Crippen LogP contribution in [0.3, 0.4) is 0 Å². The zero-order valence-corrected chi connectivity index (χ0v) is 17.6. The molecule has 0 fully saturated rings. The van der Waals surface area contributed by atoms with Crippen molar-refractivity contribution in [2.45, 2.75) is 53.2 Å². The minimum Gasteiger partial charge on any atom is -0.390 e. The van der Waals surface area contributed by atoms with Gasteiger partial charge >= 0.3 is 0 Å². The number of benzene rings is 2. The molecule has 5 heteroatoms. The summed E-state index contributed by atoms with van der Waals surface area (Å²) in [5.41, 5.74) is 3.46. The lowest BCUT2D eigenvalue weighted by Gasteiger charge is -2.28. The third kappa shape index (κ3) is 5.66. The molecule has 1 amide bonds. The minimum atomic E-state index is -0.301. The first kappa shape index (κ1) is 21.0. The van der Waals surface area contributed by atoms with Crippen molar-refractivity contribution in [3.63, 3.8) is 0 Å². The lowest BCUT2D eigenvalue weighted by atomic mass is 9.91. The Balaban J connectivity index is 1.73. The molecule has 0 aliphatic carbocycles. The molecule has 3 rings (SSSR count). The van der Waals surface area contributed by atoms with Crippen LogP contribution in [0.2, 0.25) is 0 Å². The molecule has 0 saturated carbocycles. The number of aryl methyl sites for hydroxylation is 1. The van der Waals surface area contributed by atoms with Gasteiger partial charge in [0, 0.05) is 30.5 Å². The average molecular weight is 397 g/mol. The van der Waals surface area contributed by atoms with Gasteiger partial charge in [-0.25, -0.2) is 4.39 Å². The minimum absolute atomic E-state index is 0.00584. The van der Waals surface area contributed by atoms with Crippen molar-refractivity contribution >= 4 is 11.6 Å². The van der Waals surface area contributed by atoms with E-state index in [0.29, 0.717) is 24.9 Å². The van der Waals surface area contributed by atoms with Crippen LogP contribution in [0.1, 0.15) is 50.3 Å². The Kier molecular flexibility index (Phi) is 6.36. The lowest BCUT2D eigenvalue weighted by molar-refractivity contribution is -0.135. The zero-order chi connectivity index (χ0) is 21.0. The SMILES string of the molecule is Cc1ccccc1C1=NO[C@H](CN(Cc2ccccc2F)C(=O)CC(C)(C)C)C1. The van der Waals surface area contributed by atoms with Gasteiger partial charge in [-0.15, -0.1) is 0 Å². The van der Waals surface area contributed by atoms with E-state index in [1.54, 1.807) is 23.1 Å². The third-order valence-electron chi connectivity index (χ3n) is 4.97. The molecule has 0 spiro atoms. The highest BCUT2D eigenvalue weighted by molar-refractivity contribution is 6.02. The third-order valence-corrected chi connectivity index (χ3v) is 4.97. The number of oxime groups is 1. The van der Waals surface area contributed by atoms with Crippen LogP contribution in [0.4, 0.5) is 4.39 Å². The van der Waals surface area contributed by atoms with E-state index in [1.807, 2.05) is 52.0 Å². The van der Waals surface area contributed by atoms with Crippen LogP contribution in [0.25, 0.3) is 0 Å². The Morgan fingerprint density at radius 2 is 1.86 bits per heavy atom. The number of carbonyl (C=O) groups is 1. The van der Waals surface area contributed by atoms with Gasteiger partial charge in [-0.1, -0.05) is 68.4 Å². The van der Waals surface area contributed by atoms with Crippen LogP contribution >= 0.6 is 0 Å². The fraction of sp³-hybridized carbons (Fsp3) is 0.417. The Hall–Kier alpha value is -2.69. The molecule has 1 atom stereocenters. The summed E-state index contributed by atoms with van der Waals surface area (Å²) < 4.78 is 14.2. The summed E-state index contributed by atoms with van der Waals surface area (Å²) in [6.07, 6.45) is 0.779. The molecule has 1 heterocycles. The molecule has 0 saturated heterocycles. The first-order chi connectivity index (χ1) is 13.7. The molecule has 2 aromatic rings. The quantitative estimate of drug-likeness (QED) is 0.682. The number of rotatable bonds is 6. The van der Waals surface area contributed by atoms with Crippen molar-refractivity contribution in [3.05, 3.63) is 71.0 Å². The van der Waals surface area contributed by atoms with Gasteiger partial charge in [0.1, 0.15) is 5.82 Å². The first-order valence-corrected chi connectivity index (χ1v) is 10.0. The summed E-state index contributed by atoms with van der Waals surface area (Å²) in [5.74, 6) is -0.307. The second kappa shape index (κ2) is 8.76. The van der Waals surface area contributed by atoms with Crippen molar-refractivity contribution in [1.82, 2.24) is 4.90 Å². The van der Waals surface area contributed by atoms with Crippen LogP contribution in [0.5, 0.6) is 0 Å². The maximum Gasteiger partial charge on any atom is 0.223 e. The topological polar surface area (TPSA) is 41.9 Å². The van der Waals surface area contributed by atoms with Gasteiger partial charge in [0.2, 0.25) is 5.91 Å². The summed E-state index contributed by atoms with van der Waals surface area (Å²) in [5, 5.41) is 4.26. The highest BCUT2D eigenvalue weighted by Gasteiger charge is 2.29. The van der Waals surface area contributed by atoms with E-state index < -0.39 is 0 Å². The number of halogens is 1. The standard InChI is InChI=1S/C24H29FN2O2/c1-17-9-5-7-11-20(17)22-13-19(29-26-22)16-27(23(28)14-24(2,3)4)15-18-10-6-8-12-21(18)25/h5-12,19H,13-16H2,1-4H3/t19-/m0/s1. The molecule has 0 N–H and O–H groups in total. The van der Waals surface area contributed by atoms with Crippen LogP contribution in [-0.2, 0) is 16.2 Å². The van der Waals surface area contributed by atoms with Gasteiger partial charge in [0.25, 0.3) is 0 Å². The number of amides is 1. The normalized spacial score (nSPS) is 16.3. The molecule has 0 radical (unpaired) electrons. The van der Waals surface area contributed by atoms with Crippen molar-refractivity contribution in [1.29, 1.82) is 0 Å². The van der Waals surface area contributed by atoms with Crippen LogP contribution in [0.15, 0.2) is 53.7 Å². The second-order valence-electron chi connectivity index (χ2n) is 8.89. The molecular formula is C24H29FN2O2. The van der Waals surface area contributed by atoms with Crippen molar-refractivity contribution in [2.24, 2.45) is 10.6 Å². The Bertz CT molecular complexity index is 902. The number of carbonyl (C=O) groups excluding carboxylic acids is 1. The lowest BCUT2D eigenvalue weighted by Crippen LogP contribution is -2.39. The number of hydrogen-bond acceptors (Lipinski definition) is 3. The molecule has 154 valence electrons. The highest BCUT2D eigenvalue weighted by atomic mass is 19.1. The average Bonchev–Trinajstić information content (AvgIpc) is 3.10. The summed E-state index contributed by atoms with van der Waals surface area (Å²) in [7, 11) is 0. The summed E-state index contributed by atoms with van der Waals surface area (Å²) >= 11 is 0. The Labute approximate surface area is 172 Å². The van der Waals surface area contributed by atoms with Crippen LogP contribution in [0, 0.1) is 18.2 Å². The van der Waals surface area contributed by atoms with E-state index in [1.165, 1.54) is 6.07 Å². The van der Waals surface area contributed by atoms with E-state index in [-0.39, 0.29) is 29.8 Å². The number of hydrogen-bond donors (Lipinski definition) is 0. The molecule has 0 aromatic heterocycles. The Morgan fingerprint density at radius 1 is 1.17 bits per heavy atom. The Morgan fingerprint density at radius 3 is 2.55 bits per heavy atom. The molecule has 4 nitrogen and oxygen atoms in total. The maximum atomic E-state index is 14.2. The van der Waals surface area contributed by atoms with E-state index in [2.05, 4.69) is 5.16 Å². The van der Waals surface area contributed by atoms with Gasteiger partial charge in [-0.05, 0) is 24.0 Å². The predicted molar refractivity (Wildman–Crippen MR) is 113 cm³/mol. The summed E-state index contributed by atoms with van der Waals surface area (Å²) in [4.78, 5) is 20.3. The van der Waals surface area contributed by atoms with E-state index >= 15 is 0 Å². The summed E-state index contributed by atoms with van der Waals surface area (Å²) in [6, 6.07) is 14.6. The highest BCUT2D eigenvalue weighted by Crippen LogP contribution is 2.24. The number of nitrogens with zero attached hydrogens (tertiary/aromatic N) is 2. The van der Waals surface area contributed by atoms with E-state index in [9.17, 15) is 9.18 Å². The fourth-order valence-electron chi connectivity index (χ4n) is 3.48. The van der Waals surface area contributed by atoms with Crippen molar-refractivity contribution in [3.8, 4) is 0 Å². The van der Waals surface area contributed by atoms with Gasteiger partial charge in [-0.2, -0.15) is 0 Å². The molecule has 1 aliphatic rings. The zero-order valence-electron chi connectivity index (χ0n) is 17.6. The predicted octanol–water partition coefficient (Wildman–Crippen LogP) is 5.09. The molecule has 1 aliphatic heterocycles. The molecule has 2 aromatic carbocycles. The van der Waals surface area contributed by atoms with Gasteiger partial charge in [0.15, 0.2) is 6.10 Å². The molecular weight excluding hydrogens is 367 g/mol. The van der Waals surface area contributed by atoms with Crippen molar-refractivity contribution in [2.75, 3.05) is 6.54 Å². The van der Waals surface area contributed by atoms with Gasteiger partial charge in [-0.3, -0.25) is 4.79 Å². The monoisotopic (exact) mass is 396 g/mol. The van der Waals surface area contributed by atoms with Gasteiger partial charge < -0.3 is 9.74 Å². The molecule has 0 bridgehead atoms. The van der Waals surface area contributed by atoms with Gasteiger partial charge in [0.05, 0.1) is 12.3 Å². The summed E-state index contributed by atoms with van der Waals surface area (Å²) in [6.45, 7) is 8.72. The van der Waals surface area contributed by atoms with E-state index in [4.69, 9.17) is 4.84 Å². The molecule has 0 unspecified atom stereocenters. The van der Waals surface area contributed by atoms with Crippen LogP contribution < -0.4 is 0 Å².